The molecular formula is C19H27N5O3. The molecule has 2 aromatic rings. The van der Waals surface area contributed by atoms with Gasteiger partial charge in [-0.1, -0.05) is 12.5 Å². The van der Waals surface area contributed by atoms with Gasteiger partial charge in [0.1, 0.15) is 11.3 Å². The molecule has 0 aliphatic rings. The van der Waals surface area contributed by atoms with Crippen LogP contribution >= 0.6 is 0 Å². The minimum Gasteiger partial charge on any atom is -0.355 e. The second kappa shape index (κ2) is 10.3. The van der Waals surface area contributed by atoms with Crippen LogP contribution in [0.2, 0.25) is 0 Å². The normalized spacial score (nSPS) is 10.6. The molecule has 0 aliphatic carbocycles. The minimum atomic E-state index is -0.137. The van der Waals surface area contributed by atoms with Crippen LogP contribution in [0, 0.1) is 6.92 Å². The van der Waals surface area contributed by atoms with Gasteiger partial charge in [0.2, 0.25) is 11.8 Å². The molecule has 2 rings (SSSR count). The van der Waals surface area contributed by atoms with Crippen molar-refractivity contribution in [3.63, 3.8) is 0 Å². The Kier molecular flexibility index (Phi) is 7.79. The molecule has 0 atom stereocenters. The first kappa shape index (κ1) is 20.4. The van der Waals surface area contributed by atoms with E-state index < -0.39 is 0 Å². The number of imidazole rings is 1. The number of nitrogens with one attached hydrogen (secondary N) is 3. The highest BCUT2D eigenvalue weighted by Gasteiger charge is 2.15. The number of pyridine rings is 1. The second-order valence-electron chi connectivity index (χ2n) is 6.37. The van der Waals surface area contributed by atoms with E-state index >= 15 is 0 Å². The Morgan fingerprint density at radius 2 is 1.78 bits per heavy atom. The van der Waals surface area contributed by atoms with Gasteiger partial charge < -0.3 is 16.0 Å². The lowest BCUT2D eigenvalue weighted by Crippen LogP contribution is -2.33. The molecule has 0 unspecified atom stereocenters. The van der Waals surface area contributed by atoms with E-state index in [-0.39, 0.29) is 17.7 Å². The summed E-state index contributed by atoms with van der Waals surface area (Å²) in [5.74, 6) is -0.266. The number of unbranched alkanes of at least 4 members (excludes halogenated alkanes) is 2. The van der Waals surface area contributed by atoms with Crippen LogP contribution in [0.4, 0.5) is 0 Å². The zero-order valence-corrected chi connectivity index (χ0v) is 15.9. The van der Waals surface area contributed by atoms with Crippen molar-refractivity contribution < 1.29 is 14.4 Å². The Morgan fingerprint density at radius 1 is 1.00 bits per heavy atom. The molecule has 8 nitrogen and oxygen atoms in total. The number of aromatic nitrogens is 2. The topological polar surface area (TPSA) is 105 Å². The third-order valence-electron chi connectivity index (χ3n) is 4.11. The predicted octanol–water partition coefficient (Wildman–Crippen LogP) is 1.19. The highest BCUT2D eigenvalue weighted by atomic mass is 16.2. The Morgan fingerprint density at radius 3 is 2.56 bits per heavy atom. The molecule has 0 fully saturated rings. The number of amides is 3. The number of aryl methyl sites for hydroxylation is 1. The SMILES string of the molecule is CC(=O)NCCNC(=O)CCCCCNC(=O)c1c(C)nc2ccccn12. The molecular weight excluding hydrogens is 346 g/mol. The van der Waals surface area contributed by atoms with Crippen molar-refractivity contribution in [1.29, 1.82) is 0 Å². The van der Waals surface area contributed by atoms with Gasteiger partial charge >= 0.3 is 0 Å². The third kappa shape index (κ3) is 6.40. The fourth-order valence-corrected chi connectivity index (χ4v) is 2.79. The van der Waals surface area contributed by atoms with E-state index in [0.717, 1.165) is 24.9 Å². The second-order valence-corrected chi connectivity index (χ2v) is 6.37. The Balaban J connectivity index is 1.61. The van der Waals surface area contributed by atoms with Crippen molar-refractivity contribution >= 4 is 23.4 Å². The lowest BCUT2D eigenvalue weighted by molar-refractivity contribution is -0.122. The maximum atomic E-state index is 12.4. The lowest BCUT2D eigenvalue weighted by Gasteiger charge is -2.07. The standard InChI is InChI=1S/C19H27N5O3/c1-14-18(24-13-7-5-8-16(24)23-14)19(27)22-10-6-3-4-9-17(26)21-12-11-20-15(2)25/h5,7-8,13H,3-4,6,9-12H2,1-2H3,(H,20,25)(H,21,26)(H,22,27). The molecule has 146 valence electrons. The highest BCUT2D eigenvalue weighted by molar-refractivity contribution is 5.94. The molecule has 3 amide bonds. The summed E-state index contributed by atoms with van der Waals surface area (Å²) in [5, 5.41) is 8.30. The molecule has 0 aromatic carbocycles. The maximum Gasteiger partial charge on any atom is 0.270 e. The monoisotopic (exact) mass is 373 g/mol. The van der Waals surface area contributed by atoms with E-state index in [4.69, 9.17) is 0 Å². The number of carbonyl (C=O) groups excluding carboxylic acids is 3. The molecule has 0 bridgehead atoms. The van der Waals surface area contributed by atoms with Crippen molar-refractivity contribution in [3.05, 3.63) is 35.8 Å². The summed E-state index contributed by atoms with van der Waals surface area (Å²) in [7, 11) is 0. The molecule has 27 heavy (non-hydrogen) atoms. The number of rotatable bonds is 10. The van der Waals surface area contributed by atoms with Crippen LogP contribution in [-0.2, 0) is 9.59 Å². The van der Waals surface area contributed by atoms with Gasteiger partial charge in [-0.05, 0) is 31.9 Å². The number of carbonyl (C=O) groups is 3. The van der Waals surface area contributed by atoms with Gasteiger partial charge in [0, 0.05) is 39.2 Å². The smallest absolute Gasteiger partial charge is 0.270 e. The average molecular weight is 373 g/mol. The summed E-state index contributed by atoms with van der Waals surface area (Å²) in [6, 6.07) is 5.62. The van der Waals surface area contributed by atoms with Crippen molar-refractivity contribution in [2.75, 3.05) is 19.6 Å². The van der Waals surface area contributed by atoms with Gasteiger partial charge in [-0.15, -0.1) is 0 Å². The quantitative estimate of drug-likeness (QED) is 0.544. The zero-order chi connectivity index (χ0) is 19.6. The maximum absolute atomic E-state index is 12.4. The summed E-state index contributed by atoms with van der Waals surface area (Å²) in [5.41, 5.74) is 2.02. The fourth-order valence-electron chi connectivity index (χ4n) is 2.79. The van der Waals surface area contributed by atoms with Crippen LogP contribution in [0.15, 0.2) is 24.4 Å². The molecule has 0 aliphatic heterocycles. The van der Waals surface area contributed by atoms with Crippen LogP contribution in [0.5, 0.6) is 0 Å². The number of nitrogens with zero attached hydrogens (tertiary/aromatic N) is 2. The minimum absolute atomic E-state index is 0.0225. The Labute approximate surface area is 158 Å². The van der Waals surface area contributed by atoms with E-state index in [1.807, 2.05) is 31.3 Å². The van der Waals surface area contributed by atoms with E-state index in [1.165, 1.54) is 6.92 Å². The van der Waals surface area contributed by atoms with Crippen molar-refractivity contribution in [2.45, 2.75) is 39.5 Å². The number of hydrogen-bond acceptors (Lipinski definition) is 4. The first-order chi connectivity index (χ1) is 13.0. The van der Waals surface area contributed by atoms with Gasteiger partial charge in [-0.25, -0.2) is 4.98 Å². The molecule has 0 saturated carbocycles. The predicted molar refractivity (Wildman–Crippen MR) is 102 cm³/mol. The van der Waals surface area contributed by atoms with Crippen molar-refractivity contribution in [3.8, 4) is 0 Å². The first-order valence-corrected chi connectivity index (χ1v) is 9.22. The van der Waals surface area contributed by atoms with Gasteiger partial charge in [0.25, 0.3) is 5.91 Å². The Bertz CT molecular complexity index is 800. The van der Waals surface area contributed by atoms with Crippen LogP contribution in [0.25, 0.3) is 5.65 Å². The van der Waals surface area contributed by atoms with Gasteiger partial charge in [0.05, 0.1) is 5.69 Å². The fraction of sp³-hybridized carbons (Fsp3) is 0.474. The van der Waals surface area contributed by atoms with Gasteiger partial charge in [0.15, 0.2) is 0 Å². The van der Waals surface area contributed by atoms with E-state index in [9.17, 15) is 14.4 Å². The molecule has 3 N–H and O–H groups in total. The van der Waals surface area contributed by atoms with Crippen LogP contribution in [0.1, 0.15) is 48.8 Å². The highest BCUT2D eigenvalue weighted by Crippen LogP contribution is 2.11. The molecule has 8 heteroatoms. The third-order valence-corrected chi connectivity index (χ3v) is 4.11. The molecule has 2 heterocycles. The van der Waals surface area contributed by atoms with E-state index in [1.54, 1.807) is 4.40 Å². The Hall–Kier alpha value is -2.90. The largest absolute Gasteiger partial charge is 0.355 e. The summed E-state index contributed by atoms with van der Waals surface area (Å²) in [6.07, 6.45) is 4.69. The van der Waals surface area contributed by atoms with Gasteiger partial charge in [-0.3, -0.25) is 18.8 Å². The van der Waals surface area contributed by atoms with E-state index in [2.05, 4.69) is 20.9 Å². The summed E-state index contributed by atoms with van der Waals surface area (Å²) in [4.78, 5) is 39.1. The van der Waals surface area contributed by atoms with Crippen molar-refractivity contribution in [2.24, 2.45) is 0 Å². The summed E-state index contributed by atoms with van der Waals surface area (Å²) < 4.78 is 1.79. The molecule has 0 radical (unpaired) electrons. The summed E-state index contributed by atoms with van der Waals surface area (Å²) >= 11 is 0. The summed E-state index contributed by atoms with van der Waals surface area (Å²) in [6.45, 7) is 4.70. The van der Waals surface area contributed by atoms with Crippen molar-refractivity contribution in [1.82, 2.24) is 25.3 Å². The average Bonchev–Trinajstić information content (AvgIpc) is 2.97. The van der Waals surface area contributed by atoms with Gasteiger partial charge in [-0.2, -0.15) is 0 Å². The van der Waals surface area contributed by atoms with Crippen LogP contribution < -0.4 is 16.0 Å². The number of hydrogen-bond donors (Lipinski definition) is 3. The molecule has 2 aromatic heterocycles. The molecule has 0 spiro atoms. The van der Waals surface area contributed by atoms with Crippen LogP contribution in [0.3, 0.4) is 0 Å². The van der Waals surface area contributed by atoms with E-state index in [0.29, 0.717) is 37.4 Å². The zero-order valence-electron chi connectivity index (χ0n) is 15.9. The van der Waals surface area contributed by atoms with Crippen LogP contribution in [-0.4, -0.2) is 46.7 Å². The lowest BCUT2D eigenvalue weighted by atomic mass is 10.2. The number of fused-ring (bicyclic) bond motifs is 1. The molecule has 0 saturated heterocycles. The first-order valence-electron chi connectivity index (χ1n) is 9.22.